The van der Waals surface area contributed by atoms with Crippen LogP contribution in [0.2, 0.25) is 5.15 Å². The lowest BCUT2D eigenvalue weighted by molar-refractivity contribution is 0.101. The molecule has 2 aromatic heterocycles. The van der Waals surface area contributed by atoms with E-state index in [0.29, 0.717) is 22.2 Å². The van der Waals surface area contributed by atoms with Gasteiger partial charge in [0.25, 0.3) is 5.91 Å². The monoisotopic (exact) mass is 278 g/mol. The van der Waals surface area contributed by atoms with Gasteiger partial charge in [0.15, 0.2) is 0 Å². The number of nitrogen functional groups attached to an aromatic ring is 1. The van der Waals surface area contributed by atoms with Crippen LogP contribution in [-0.2, 0) is 6.54 Å². The van der Waals surface area contributed by atoms with Crippen molar-refractivity contribution in [2.24, 2.45) is 0 Å². The van der Waals surface area contributed by atoms with Crippen LogP contribution < -0.4 is 11.1 Å². The molecule has 0 radical (unpaired) electrons. The van der Waals surface area contributed by atoms with E-state index in [1.807, 2.05) is 11.5 Å². The van der Waals surface area contributed by atoms with E-state index in [0.717, 1.165) is 13.0 Å². The van der Waals surface area contributed by atoms with E-state index in [-0.39, 0.29) is 5.91 Å². The predicted octanol–water partition coefficient (Wildman–Crippen LogP) is 2.78. The number of hydrogen-bond donors (Lipinski definition) is 2. The highest BCUT2D eigenvalue weighted by molar-refractivity contribution is 6.29. The van der Waals surface area contributed by atoms with Gasteiger partial charge in [0.05, 0.1) is 5.69 Å². The summed E-state index contributed by atoms with van der Waals surface area (Å²) < 4.78 is 1.84. The number of hydrogen-bond acceptors (Lipinski definition) is 3. The third-order valence-corrected chi connectivity index (χ3v) is 2.81. The van der Waals surface area contributed by atoms with Crippen molar-refractivity contribution < 1.29 is 4.79 Å². The van der Waals surface area contributed by atoms with Gasteiger partial charge in [-0.3, -0.25) is 4.79 Å². The maximum absolute atomic E-state index is 12.2. The lowest BCUT2D eigenvalue weighted by Gasteiger charge is -2.08. The molecule has 0 saturated carbocycles. The van der Waals surface area contributed by atoms with E-state index in [2.05, 4.69) is 10.3 Å². The Bertz CT molecular complexity index is 594. The summed E-state index contributed by atoms with van der Waals surface area (Å²) >= 11 is 5.77. The van der Waals surface area contributed by atoms with Crippen molar-refractivity contribution in [2.45, 2.75) is 19.9 Å². The molecule has 3 N–H and O–H groups in total. The largest absolute Gasteiger partial charge is 0.397 e. The van der Waals surface area contributed by atoms with Gasteiger partial charge in [0, 0.05) is 24.6 Å². The second-order valence-electron chi connectivity index (χ2n) is 4.17. The molecule has 2 aromatic rings. The predicted molar refractivity (Wildman–Crippen MR) is 76.3 cm³/mol. The first-order valence-corrected chi connectivity index (χ1v) is 6.36. The van der Waals surface area contributed by atoms with Gasteiger partial charge in [-0.05, 0) is 24.6 Å². The van der Waals surface area contributed by atoms with Gasteiger partial charge in [-0.25, -0.2) is 4.98 Å². The summed E-state index contributed by atoms with van der Waals surface area (Å²) in [6, 6.07) is 4.93. The Morgan fingerprint density at radius 3 is 3.00 bits per heavy atom. The fourth-order valence-corrected chi connectivity index (χ4v) is 2.00. The quantitative estimate of drug-likeness (QED) is 0.845. The number of nitrogens with zero attached hydrogens (tertiary/aromatic N) is 2. The summed E-state index contributed by atoms with van der Waals surface area (Å²) in [7, 11) is 0. The number of halogens is 1. The standard InChI is InChI=1S/C13H15ClN4O/c1-2-5-18-8-9(15)6-11(18)13(19)17-10-3-4-16-12(14)7-10/h3-4,6-8H,2,5,15H2,1H3,(H,16,17,19). The van der Waals surface area contributed by atoms with Gasteiger partial charge in [-0.2, -0.15) is 0 Å². The molecule has 0 aliphatic carbocycles. The average molecular weight is 279 g/mol. The van der Waals surface area contributed by atoms with Crippen molar-refractivity contribution in [3.8, 4) is 0 Å². The molecule has 0 bridgehead atoms. The van der Waals surface area contributed by atoms with Crippen LogP contribution in [0.4, 0.5) is 11.4 Å². The first-order valence-electron chi connectivity index (χ1n) is 5.98. The molecular weight excluding hydrogens is 264 g/mol. The number of nitrogens with one attached hydrogen (secondary N) is 1. The highest BCUT2D eigenvalue weighted by atomic mass is 35.5. The van der Waals surface area contributed by atoms with Crippen molar-refractivity contribution in [1.29, 1.82) is 0 Å². The van der Waals surface area contributed by atoms with E-state index in [1.54, 1.807) is 24.4 Å². The van der Waals surface area contributed by atoms with Crippen molar-refractivity contribution in [1.82, 2.24) is 9.55 Å². The van der Waals surface area contributed by atoms with Crippen LogP contribution in [0.15, 0.2) is 30.6 Å². The van der Waals surface area contributed by atoms with Gasteiger partial charge in [0.2, 0.25) is 0 Å². The summed E-state index contributed by atoms with van der Waals surface area (Å²) in [6.07, 6.45) is 4.23. The Kier molecular flexibility index (Phi) is 4.06. The summed E-state index contributed by atoms with van der Waals surface area (Å²) in [5.41, 5.74) is 7.45. The Balaban J connectivity index is 2.20. The third-order valence-electron chi connectivity index (χ3n) is 2.60. The molecule has 2 heterocycles. The molecule has 0 spiro atoms. The fourth-order valence-electron chi connectivity index (χ4n) is 1.82. The van der Waals surface area contributed by atoms with Crippen molar-refractivity contribution in [3.05, 3.63) is 41.4 Å². The van der Waals surface area contributed by atoms with Crippen LogP contribution >= 0.6 is 11.6 Å². The maximum Gasteiger partial charge on any atom is 0.272 e. The van der Waals surface area contributed by atoms with Gasteiger partial charge in [-0.1, -0.05) is 18.5 Å². The van der Waals surface area contributed by atoms with Gasteiger partial charge in [-0.15, -0.1) is 0 Å². The number of carbonyl (C=O) groups is 1. The molecule has 0 saturated heterocycles. The number of anilines is 2. The highest BCUT2D eigenvalue weighted by Crippen LogP contribution is 2.16. The molecule has 6 heteroatoms. The Hall–Kier alpha value is -2.01. The molecule has 0 aliphatic rings. The van der Waals surface area contributed by atoms with Crippen LogP contribution in [-0.4, -0.2) is 15.5 Å². The molecule has 0 aromatic carbocycles. The van der Waals surface area contributed by atoms with Crippen molar-refractivity contribution >= 4 is 28.9 Å². The summed E-state index contributed by atoms with van der Waals surface area (Å²) in [5, 5.41) is 3.11. The second-order valence-corrected chi connectivity index (χ2v) is 4.56. The van der Waals surface area contributed by atoms with E-state index in [4.69, 9.17) is 17.3 Å². The number of aromatic nitrogens is 2. The highest BCUT2D eigenvalue weighted by Gasteiger charge is 2.12. The Morgan fingerprint density at radius 1 is 1.53 bits per heavy atom. The smallest absolute Gasteiger partial charge is 0.272 e. The Labute approximate surface area is 116 Å². The Morgan fingerprint density at radius 2 is 2.32 bits per heavy atom. The van der Waals surface area contributed by atoms with Gasteiger partial charge < -0.3 is 15.6 Å². The molecule has 100 valence electrons. The number of pyridine rings is 1. The van der Waals surface area contributed by atoms with Crippen LogP contribution in [0.25, 0.3) is 0 Å². The topological polar surface area (TPSA) is 72.9 Å². The van der Waals surface area contributed by atoms with E-state index >= 15 is 0 Å². The number of aryl methyl sites for hydroxylation is 1. The SMILES string of the molecule is CCCn1cc(N)cc1C(=O)Nc1ccnc(Cl)c1. The summed E-state index contributed by atoms with van der Waals surface area (Å²) in [4.78, 5) is 16.0. The van der Waals surface area contributed by atoms with Crippen LogP contribution in [0.5, 0.6) is 0 Å². The molecule has 0 unspecified atom stereocenters. The zero-order valence-electron chi connectivity index (χ0n) is 10.6. The number of nitrogens with two attached hydrogens (primary N) is 1. The number of rotatable bonds is 4. The van der Waals surface area contributed by atoms with Crippen molar-refractivity contribution in [3.63, 3.8) is 0 Å². The first kappa shape index (κ1) is 13.4. The van der Waals surface area contributed by atoms with Crippen molar-refractivity contribution in [2.75, 3.05) is 11.1 Å². The lowest BCUT2D eigenvalue weighted by Crippen LogP contribution is -2.16. The summed E-state index contributed by atoms with van der Waals surface area (Å²) in [6.45, 7) is 2.79. The molecule has 2 rings (SSSR count). The minimum absolute atomic E-state index is 0.215. The molecular formula is C13H15ClN4O. The zero-order chi connectivity index (χ0) is 13.8. The fraction of sp³-hybridized carbons (Fsp3) is 0.231. The molecule has 0 fully saturated rings. The molecule has 5 nitrogen and oxygen atoms in total. The summed E-state index contributed by atoms with van der Waals surface area (Å²) in [5.74, 6) is -0.215. The van der Waals surface area contributed by atoms with Crippen LogP contribution in [0.1, 0.15) is 23.8 Å². The van der Waals surface area contributed by atoms with Gasteiger partial charge in [0.1, 0.15) is 10.8 Å². The van der Waals surface area contributed by atoms with E-state index < -0.39 is 0 Å². The van der Waals surface area contributed by atoms with Crippen LogP contribution in [0.3, 0.4) is 0 Å². The number of carbonyl (C=O) groups excluding carboxylic acids is 1. The normalized spacial score (nSPS) is 10.4. The minimum Gasteiger partial charge on any atom is -0.397 e. The zero-order valence-corrected chi connectivity index (χ0v) is 11.3. The van der Waals surface area contributed by atoms with E-state index in [9.17, 15) is 4.79 Å². The van der Waals surface area contributed by atoms with Crippen LogP contribution in [0, 0.1) is 0 Å². The molecule has 1 amide bonds. The molecule has 0 aliphatic heterocycles. The third kappa shape index (κ3) is 3.26. The lowest BCUT2D eigenvalue weighted by atomic mass is 10.3. The second kappa shape index (κ2) is 5.75. The average Bonchev–Trinajstić information content (AvgIpc) is 2.71. The number of amides is 1. The van der Waals surface area contributed by atoms with E-state index in [1.165, 1.54) is 6.20 Å². The molecule has 0 atom stereocenters. The first-order chi connectivity index (χ1) is 9.10. The molecule has 19 heavy (non-hydrogen) atoms. The maximum atomic E-state index is 12.2. The van der Waals surface area contributed by atoms with Gasteiger partial charge >= 0.3 is 0 Å². The minimum atomic E-state index is -0.215.